The van der Waals surface area contributed by atoms with Crippen molar-refractivity contribution in [2.75, 3.05) is 4.90 Å². The number of urea groups is 1. The molecule has 4 amide bonds. The third-order valence-electron chi connectivity index (χ3n) is 4.77. The highest BCUT2D eigenvalue weighted by Gasteiger charge is 2.36. The SMILES string of the molecule is O=C1NC(=O)N(c2ccc(Cl)cc2)C(=O)/C1=C\c1cccc(OCc2ccc(Cl)cc2Cl)c1. The fraction of sp³-hybridized carbons (Fsp3) is 0.0417. The number of amides is 4. The number of carbonyl (C=O) groups excluding carboxylic acids is 3. The van der Waals surface area contributed by atoms with E-state index in [1.807, 2.05) is 0 Å². The fourth-order valence-corrected chi connectivity index (χ4v) is 3.73. The minimum Gasteiger partial charge on any atom is -0.489 e. The van der Waals surface area contributed by atoms with Gasteiger partial charge in [-0.1, -0.05) is 53.0 Å². The molecule has 1 N–H and O–H groups in total. The van der Waals surface area contributed by atoms with Gasteiger partial charge in [0.1, 0.15) is 17.9 Å². The maximum absolute atomic E-state index is 13.0. The predicted octanol–water partition coefficient (Wildman–Crippen LogP) is 5.89. The van der Waals surface area contributed by atoms with Gasteiger partial charge in [0.05, 0.1) is 5.69 Å². The van der Waals surface area contributed by atoms with Crippen molar-refractivity contribution in [2.24, 2.45) is 0 Å². The van der Waals surface area contributed by atoms with Crippen molar-refractivity contribution in [3.8, 4) is 5.75 Å². The summed E-state index contributed by atoms with van der Waals surface area (Å²) in [6.07, 6.45) is 1.40. The molecule has 1 saturated heterocycles. The third kappa shape index (κ3) is 5.20. The van der Waals surface area contributed by atoms with Gasteiger partial charge in [0.25, 0.3) is 11.8 Å². The molecule has 0 aromatic heterocycles. The molecule has 166 valence electrons. The van der Waals surface area contributed by atoms with E-state index >= 15 is 0 Å². The number of hydrogen-bond acceptors (Lipinski definition) is 4. The number of halogens is 3. The molecular formula is C24H15Cl3N2O4. The van der Waals surface area contributed by atoms with Crippen LogP contribution in [0.1, 0.15) is 11.1 Å². The molecule has 3 aromatic rings. The second-order valence-electron chi connectivity index (χ2n) is 7.03. The summed E-state index contributed by atoms with van der Waals surface area (Å²) in [6, 6.07) is 17.2. The molecule has 0 aliphatic carbocycles. The minimum absolute atomic E-state index is 0.192. The summed E-state index contributed by atoms with van der Waals surface area (Å²) in [5.41, 5.74) is 1.39. The Morgan fingerprint density at radius 2 is 1.61 bits per heavy atom. The van der Waals surface area contributed by atoms with Gasteiger partial charge < -0.3 is 4.74 Å². The Kier molecular flexibility index (Phi) is 6.70. The van der Waals surface area contributed by atoms with Crippen molar-refractivity contribution in [3.05, 3.63) is 98.5 Å². The molecule has 1 aliphatic heterocycles. The van der Waals surface area contributed by atoms with Crippen LogP contribution in [0.2, 0.25) is 15.1 Å². The maximum Gasteiger partial charge on any atom is 0.335 e. The van der Waals surface area contributed by atoms with E-state index in [-0.39, 0.29) is 17.9 Å². The number of nitrogens with one attached hydrogen (secondary N) is 1. The molecule has 6 nitrogen and oxygen atoms in total. The first kappa shape index (κ1) is 22.9. The summed E-state index contributed by atoms with van der Waals surface area (Å²) in [6.45, 7) is 0.203. The molecule has 3 aromatic carbocycles. The average Bonchev–Trinajstić information content (AvgIpc) is 2.77. The number of benzene rings is 3. The maximum atomic E-state index is 13.0. The van der Waals surface area contributed by atoms with Crippen LogP contribution in [0.15, 0.2) is 72.3 Å². The van der Waals surface area contributed by atoms with Gasteiger partial charge in [-0.3, -0.25) is 14.9 Å². The lowest BCUT2D eigenvalue weighted by molar-refractivity contribution is -0.122. The van der Waals surface area contributed by atoms with Gasteiger partial charge in [-0.25, -0.2) is 9.69 Å². The Labute approximate surface area is 204 Å². The second kappa shape index (κ2) is 9.67. The van der Waals surface area contributed by atoms with Gasteiger partial charge in [0.15, 0.2) is 0 Å². The zero-order valence-corrected chi connectivity index (χ0v) is 19.1. The lowest BCUT2D eigenvalue weighted by Gasteiger charge is -2.26. The van der Waals surface area contributed by atoms with Gasteiger partial charge in [0.2, 0.25) is 0 Å². The zero-order valence-electron chi connectivity index (χ0n) is 16.8. The molecule has 1 aliphatic rings. The van der Waals surface area contributed by atoms with E-state index in [0.29, 0.717) is 26.4 Å². The second-order valence-corrected chi connectivity index (χ2v) is 8.31. The molecule has 9 heteroatoms. The lowest BCUT2D eigenvalue weighted by Crippen LogP contribution is -2.54. The number of anilines is 1. The van der Waals surface area contributed by atoms with E-state index in [9.17, 15) is 14.4 Å². The van der Waals surface area contributed by atoms with Crippen LogP contribution in [0, 0.1) is 0 Å². The molecule has 0 saturated carbocycles. The van der Waals surface area contributed by atoms with Crippen molar-refractivity contribution in [1.82, 2.24) is 5.32 Å². The number of hydrogen-bond donors (Lipinski definition) is 1. The lowest BCUT2D eigenvalue weighted by atomic mass is 10.1. The molecule has 0 spiro atoms. The number of barbiturate groups is 1. The molecule has 0 atom stereocenters. The van der Waals surface area contributed by atoms with Crippen LogP contribution in [0.4, 0.5) is 10.5 Å². The first-order valence-corrected chi connectivity index (χ1v) is 10.8. The Bertz CT molecular complexity index is 1290. The summed E-state index contributed by atoms with van der Waals surface area (Å²) in [5.74, 6) is -1.02. The van der Waals surface area contributed by atoms with Crippen LogP contribution in [-0.2, 0) is 16.2 Å². The Balaban J connectivity index is 1.57. The standard InChI is InChI=1S/C24H15Cl3N2O4/c25-16-6-8-18(9-7-16)29-23(31)20(22(30)28-24(29)32)11-14-2-1-3-19(10-14)33-13-15-4-5-17(26)12-21(15)27/h1-12H,13H2,(H,28,30,32)/b20-11-. The smallest absolute Gasteiger partial charge is 0.335 e. The molecule has 0 bridgehead atoms. The van der Waals surface area contributed by atoms with Crippen molar-refractivity contribution in [1.29, 1.82) is 0 Å². The van der Waals surface area contributed by atoms with E-state index in [0.717, 1.165) is 10.5 Å². The normalized spacial score (nSPS) is 15.1. The highest BCUT2D eigenvalue weighted by atomic mass is 35.5. The van der Waals surface area contributed by atoms with Crippen molar-refractivity contribution < 1.29 is 19.1 Å². The molecule has 1 fully saturated rings. The highest BCUT2D eigenvalue weighted by molar-refractivity contribution is 6.39. The Hall–Kier alpha value is -3.32. The Morgan fingerprint density at radius 3 is 2.33 bits per heavy atom. The quantitative estimate of drug-likeness (QED) is 0.349. The first-order chi connectivity index (χ1) is 15.8. The van der Waals surface area contributed by atoms with Crippen molar-refractivity contribution in [3.63, 3.8) is 0 Å². The molecule has 4 rings (SSSR count). The highest BCUT2D eigenvalue weighted by Crippen LogP contribution is 2.26. The van der Waals surface area contributed by atoms with E-state index in [1.54, 1.807) is 54.6 Å². The summed E-state index contributed by atoms with van der Waals surface area (Å²) in [4.78, 5) is 38.5. The van der Waals surface area contributed by atoms with Gasteiger partial charge >= 0.3 is 6.03 Å². The summed E-state index contributed by atoms with van der Waals surface area (Å²) < 4.78 is 5.80. The van der Waals surface area contributed by atoms with E-state index in [1.165, 1.54) is 18.2 Å². The van der Waals surface area contributed by atoms with Crippen molar-refractivity contribution in [2.45, 2.75) is 6.61 Å². The van der Waals surface area contributed by atoms with Crippen LogP contribution >= 0.6 is 34.8 Å². The largest absolute Gasteiger partial charge is 0.489 e. The van der Waals surface area contributed by atoms with Crippen LogP contribution in [0.5, 0.6) is 5.75 Å². The Morgan fingerprint density at radius 1 is 0.879 bits per heavy atom. The van der Waals surface area contributed by atoms with E-state index in [4.69, 9.17) is 39.5 Å². The zero-order chi connectivity index (χ0) is 23.5. The molecule has 0 radical (unpaired) electrons. The predicted molar refractivity (Wildman–Crippen MR) is 128 cm³/mol. The minimum atomic E-state index is -0.832. The van der Waals surface area contributed by atoms with Gasteiger partial charge in [0, 0.05) is 20.6 Å². The van der Waals surface area contributed by atoms with Gasteiger partial charge in [-0.2, -0.15) is 0 Å². The van der Waals surface area contributed by atoms with E-state index in [2.05, 4.69) is 5.32 Å². The number of rotatable bonds is 5. The van der Waals surface area contributed by atoms with Crippen LogP contribution < -0.4 is 15.0 Å². The summed E-state index contributed by atoms with van der Waals surface area (Å²) in [7, 11) is 0. The van der Waals surface area contributed by atoms with Crippen LogP contribution in [0.3, 0.4) is 0 Å². The average molecular weight is 502 g/mol. The van der Waals surface area contributed by atoms with Crippen LogP contribution in [-0.4, -0.2) is 17.8 Å². The van der Waals surface area contributed by atoms with E-state index < -0.39 is 17.8 Å². The van der Waals surface area contributed by atoms with Crippen LogP contribution in [0.25, 0.3) is 6.08 Å². The summed E-state index contributed by atoms with van der Waals surface area (Å²) >= 11 is 18.0. The molecule has 1 heterocycles. The van der Waals surface area contributed by atoms with Gasteiger partial charge in [-0.05, 0) is 60.2 Å². The number of ether oxygens (including phenoxy) is 1. The topological polar surface area (TPSA) is 75.7 Å². The third-order valence-corrected chi connectivity index (χ3v) is 5.60. The van der Waals surface area contributed by atoms with Gasteiger partial charge in [-0.15, -0.1) is 0 Å². The number of carbonyl (C=O) groups is 3. The first-order valence-electron chi connectivity index (χ1n) is 9.65. The summed E-state index contributed by atoms with van der Waals surface area (Å²) in [5, 5.41) is 3.65. The molecule has 0 unspecified atom stereocenters. The van der Waals surface area contributed by atoms with Crippen molar-refractivity contribution >= 4 is 64.4 Å². The molecular weight excluding hydrogens is 487 g/mol. The number of imide groups is 2. The fourth-order valence-electron chi connectivity index (χ4n) is 3.14. The molecule has 33 heavy (non-hydrogen) atoms. The monoisotopic (exact) mass is 500 g/mol. The number of nitrogens with zero attached hydrogens (tertiary/aromatic N) is 1.